The summed E-state index contributed by atoms with van der Waals surface area (Å²) in [5.74, 6) is -1.43. The minimum absolute atomic E-state index is 0.0529. The molecule has 0 saturated heterocycles. The predicted molar refractivity (Wildman–Crippen MR) is 82.6 cm³/mol. The molecular formula is C17H17NO5. The van der Waals surface area contributed by atoms with Crippen molar-refractivity contribution in [2.75, 3.05) is 0 Å². The van der Waals surface area contributed by atoms with Crippen LogP contribution in [0.25, 0.3) is 0 Å². The highest BCUT2D eigenvalue weighted by atomic mass is 16.5. The summed E-state index contributed by atoms with van der Waals surface area (Å²) in [6.45, 7) is 0.0529. The summed E-state index contributed by atoms with van der Waals surface area (Å²) in [6.07, 6.45) is -2.58. The number of hydrogen-bond donors (Lipinski definition) is 3. The molecule has 0 aliphatic carbocycles. The number of carbonyl (C=O) groups is 2. The first kappa shape index (κ1) is 16.5. The molecule has 2 atom stereocenters. The maximum absolute atomic E-state index is 11.9. The number of aliphatic hydroxyl groups is 1. The molecule has 6 nitrogen and oxygen atoms in total. The average Bonchev–Trinajstić information content (AvgIpc) is 2.59. The van der Waals surface area contributed by atoms with Crippen molar-refractivity contribution in [1.82, 2.24) is 5.32 Å². The lowest BCUT2D eigenvalue weighted by Crippen LogP contribution is -2.40. The lowest BCUT2D eigenvalue weighted by atomic mass is 10.0. The second-order valence-electron chi connectivity index (χ2n) is 4.88. The van der Waals surface area contributed by atoms with Crippen molar-refractivity contribution >= 4 is 12.1 Å². The molecule has 0 spiro atoms. The highest BCUT2D eigenvalue weighted by molar-refractivity contribution is 5.75. The number of amides is 1. The SMILES string of the molecule is O=C(N[C@H](c1ccccc1)C(O)C(=O)O)OCc1ccccc1. The number of aliphatic carboxylic acids is 1. The van der Waals surface area contributed by atoms with Crippen LogP contribution in [0.5, 0.6) is 0 Å². The molecule has 3 N–H and O–H groups in total. The molecule has 0 bridgehead atoms. The van der Waals surface area contributed by atoms with Crippen LogP contribution in [-0.4, -0.2) is 28.4 Å². The summed E-state index contributed by atoms with van der Waals surface area (Å²) in [6, 6.07) is 16.3. The van der Waals surface area contributed by atoms with Gasteiger partial charge in [0, 0.05) is 0 Å². The monoisotopic (exact) mass is 315 g/mol. The van der Waals surface area contributed by atoms with Gasteiger partial charge in [-0.15, -0.1) is 0 Å². The Morgan fingerprint density at radius 2 is 1.57 bits per heavy atom. The van der Waals surface area contributed by atoms with Crippen molar-refractivity contribution in [2.24, 2.45) is 0 Å². The third-order valence-electron chi connectivity index (χ3n) is 3.21. The third kappa shape index (κ3) is 4.82. The first-order chi connectivity index (χ1) is 11.1. The molecule has 23 heavy (non-hydrogen) atoms. The Morgan fingerprint density at radius 1 is 1.00 bits per heavy atom. The number of benzene rings is 2. The van der Waals surface area contributed by atoms with E-state index in [9.17, 15) is 14.7 Å². The van der Waals surface area contributed by atoms with Crippen molar-refractivity contribution < 1.29 is 24.5 Å². The van der Waals surface area contributed by atoms with Gasteiger partial charge in [0.1, 0.15) is 6.61 Å². The standard InChI is InChI=1S/C17H17NO5/c19-15(16(20)21)14(13-9-5-2-6-10-13)18-17(22)23-11-12-7-3-1-4-8-12/h1-10,14-15,19H,11H2,(H,18,22)(H,20,21)/t14-,15?/m1/s1. The van der Waals surface area contributed by atoms with E-state index in [-0.39, 0.29) is 6.61 Å². The van der Waals surface area contributed by atoms with Crippen molar-refractivity contribution in [3.8, 4) is 0 Å². The van der Waals surface area contributed by atoms with Gasteiger partial charge in [0.25, 0.3) is 0 Å². The Morgan fingerprint density at radius 3 is 2.13 bits per heavy atom. The Hall–Kier alpha value is -2.86. The van der Waals surface area contributed by atoms with Crippen LogP contribution in [0.15, 0.2) is 60.7 Å². The molecule has 2 aromatic rings. The largest absolute Gasteiger partial charge is 0.479 e. The topological polar surface area (TPSA) is 95.9 Å². The first-order valence-corrected chi connectivity index (χ1v) is 7.01. The quantitative estimate of drug-likeness (QED) is 0.758. The van der Waals surface area contributed by atoms with Gasteiger partial charge in [-0.3, -0.25) is 0 Å². The Labute approximate surface area is 133 Å². The van der Waals surface area contributed by atoms with Gasteiger partial charge in [-0.25, -0.2) is 9.59 Å². The zero-order valence-corrected chi connectivity index (χ0v) is 12.3. The number of carboxylic acids is 1. The lowest BCUT2D eigenvalue weighted by molar-refractivity contribution is -0.148. The first-order valence-electron chi connectivity index (χ1n) is 7.01. The van der Waals surface area contributed by atoms with Gasteiger partial charge in [-0.05, 0) is 11.1 Å². The number of alkyl carbamates (subject to hydrolysis) is 1. The summed E-state index contributed by atoms with van der Waals surface area (Å²) in [5.41, 5.74) is 1.27. The molecule has 0 heterocycles. The number of carbonyl (C=O) groups excluding carboxylic acids is 1. The normalized spacial score (nSPS) is 12.9. The van der Waals surface area contributed by atoms with Gasteiger partial charge < -0.3 is 20.3 Å². The van der Waals surface area contributed by atoms with Gasteiger partial charge in [0.2, 0.25) is 0 Å². The molecular weight excluding hydrogens is 298 g/mol. The van der Waals surface area contributed by atoms with Gasteiger partial charge in [0.05, 0.1) is 6.04 Å². The number of nitrogens with one attached hydrogen (secondary N) is 1. The van der Waals surface area contributed by atoms with Crippen molar-refractivity contribution in [1.29, 1.82) is 0 Å². The molecule has 0 aliphatic rings. The van der Waals surface area contributed by atoms with Crippen molar-refractivity contribution in [3.63, 3.8) is 0 Å². The Balaban J connectivity index is 2.02. The van der Waals surface area contributed by atoms with Gasteiger partial charge >= 0.3 is 12.1 Å². The number of ether oxygens (including phenoxy) is 1. The van der Waals surface area contributed by atoms with E-state index in [1.165, 1.54) is 0 Å². The van der Waals surface area contributed by atoms with Crippen LogP contribution in [0.2, 0.25) is 0 Å². The predicted octanol–water partition coefficient (Wildman–Crippen LogP) is 2.10. The number of carboxylic acid groups (broad SMARTS) is 1. The fraction of sp³-hybridized carbons (Fsp3) is 0.176. The highest BCUT2D eigenvalue weighted by Crippen LogP contribution is 2.17. The van der Waals surface area contributed by atoms with Gasteiger partial charge in [-0.2, -0.15) is 0 Å². The van der Waals surface area contributed by atoms with Crippen LogP contribution in [0, 0.1) is 0 Å². The lowest BCUT2D eigenvalue weighted by Gasteiger charge is -2.21. The fourth-order valence-electron chi connectivity index (χ4n) is 2.04. The Kier molecular flexibility index (Phi) is 5.71. The summed E-state index contributed by atoms with van der Waals surface area (Å²) >= 11 is 0. The van der Waals surface area contributed by atoms with E-state index in [0.717, 1.165) is 5.56 Å². The highest BCUT2D eigenvalue weighted by Gasteiger charge is 2.29. The maximum atomic E-state index is 11.9. The van der Waals surface area contributed by atoms with Crippen LogP contribution in [0.4, 0.5) is 4.79 Å². The summed E-state index contributed by atoms with van der Waals surface area (Å²) in [4.78, 5) is 22.9. The van der Waals surface area contributed by atoms with E-state index in [2.05, 4.69) is 5.32 Å². The van der Waals surface area contributed by atoms with Crippen LogP contribution in [-0.2, 0) is 16.1 Å². The number of hydrogen-bond acceptors (Lipinski definition) is 4. The second-order valence-corrected chi connectivity index (χ2v) is 4.88. The molecule has 0 fully saturated rings. The smallest absolute Gasteiger partial charge is 0.408 e. The molecule has 1 amide bonds. The average molecular weight is 315 g/mol. The zero-order valence-electron chi connectivity index (χ0n) is 12.3. The minimum atomic E-state index is -1.78. The maximum Gasteiger partial charge on any atom is 0.408 e. The number of rotatable bonds is 6. The molecule has 2 rings (SSSR count). The molecule has 1 unspecified atom stereocenters. The second kappa shape index (κ2) is 7.95. The van der Waals surface area contributed by atoms with Gasteiger partial charge in [-0.1, -0.05) is 60.7 Å². The van der Waals surface area contributed by atoms with E-state index in [0.29, 0.717) is 5.56 Å². The molecule has 0 radical (unpaired) electrons. The Bertz CT molecular complexity index is 645. The minimum Gasteiger partial charge on any atom is -0.479 e. The third-order valence-corrected chi connectivity index (χ3v) is 3.21. The molecule has 120 valence electrons. The fourth-order valence-corrected chi connectivity index (χ4v) is 2.04. The zero-order chi connectivity index (χ0) is 16.7. The number of aliphatic hydroxyl groups excluding tert-OH is 1. The van der Waals surface area contributed by atoms with E-state index in [1.807, 2.05) is 18.2 Å². The van der Waals surface area contributed by atoms with Crippen LogP contribution < -0.4 is 5.32 Å². The van der Waals surface area contributed by atoms with Crippen LogP contribution in [0.1, 0.15) is 17.2 Å². The molecule has 0 aromatic heterocycles. The summed E-state index contributed by atoms with van der Waals surface area (Å²) < 4.78 is 5.06. The molecule has 0 aliphatic heterocycles. The van der Waals surface area contributed by atoms with E-state index >= 15 is 0 Å². The molecule has 0 saturated carbocycles. The summed E-state index contributed by atoms with van der Waals surface area (Å²) in [5, 5.41) is 21.2. The summed E-state index contributed by atoms with van der Waals surface area (Å²) in [7, 11) is 0. The van der Waals surface area contributed by atoms with Crippen molar-refractivity contribution in [3.05, 3.63) is 71.8 Å². The molecule has 2 aromatic carbocycles. The van der Waals surface area contributed by atoms with Crippen molar-refractivity contribution in [2.45, 2.75) is 18.8 Å². The van der Waals surface area contributed by atoms with E-state index in [4.69, 9.17) is 9.84 Å². The van der Waals surface area contributed by atoms with E-state index < -0.39 is 24.2 Å². The van der Waals surface area contributed by atoms with Gasteiger partial charge in [0.15, 0.2) is 6.10 Å². The van der Waals surface area contributed by atoms with Crippen LogP contribution >= 0.6 is 0 Å². The van der Waals surface area contributed by atoms with Crippen LogP contribution in [0.3, 0.4) is 0 Å². The van der Waals surface area contributed by atoms with E-state index in [1.54, 1.807) is 42.5 Å². The molecule has 6 heteroatoms.